The lowest BCUT2D eigenvalue weighted by atomic mass is 10.0. The van der Waals surface area contributed by atoms with Crippen LogP contribution in [0.2, 0.25) is 0 Å². The van der Waals surface area contributed by atoms with E-state index in [1.807, 2.05) is 0 Å². The van der Waals surface area contributed by atoms with Crippen molar-refractivity contribution in [3.8, 4) is 0 Å². The molecule has 82 heavy (non-hydrogen) atoms. The highest BCUT2D eigenvalue weighted by atomic mass is 16.6. The SMILES string of the molecule is CC/C=C\C/C=C\C/C=C\C/C=C\C/C=C\C/C=C\CCCCCCCCCCCCCCC(=O)OCC(COC(=O)CCCCCCCCCCCCCC)OC(=O)CCCCCCCC/C=C\C/C=C\C/C=C\CCCCCCC. The zero-order chi connectivity index (χ0) is 59.2. The fourth-order valence-electron chi connectivity index (χ4n) is 9.81. The molecule has 1 unspecified atom stereocenters. The molecule has 0 rings (SSSR count). The smallest absolute Gasteiger partial charge is 0.306 e. The van der Waals surface area contributed by atoms with Crippen LogP contribution in [-0.4, -0.2) is 37.2 Å². The number of hydrogen-bond donors (Lipinski definition) is 0. The van der Waals surface area contributed by atoms with Gasteiger partial charge in [0.1, 0.15) is 13.2 Å². The second-order valence-electron chi connectivity index (χ2n) is 23.1. The highest BCUT2D eigenvalue weighted by molar-refractivity contribution is 5.71. The van der Waals surface area contributed by atoms with Crippen molar-refractivity contribution in [2.45, 2.75) is 341 Å². The summed E-state index contributed by atoms with van der Waals surface area (Å²) in [4.78, 5) is 38.4. The zero-order valence-electron chi connectivity index (χ0n) is 54.0. The van der Waals surface area contributed by atoms with Gasteiger partial charge >= 0.3 is 17.9 Å². The van der Waals surface area contributed by atoms with E-state index in [4.69, 9.17) is 14.2 Å². The van der Waals surface area contributed by atoms with E-state index in [0.29, 0.717) is 19.3 Å². The van der Waals surface area contributed by atoms with E-state index in [1.54, 1.807) is 0 Å². The van der Waals surface area contributed by atoms with E-state index in [2.05, 4.69) is 130 Å². The maximum atomic E-state index is 12.9. The van der Waals surface area contributed by atoms with Gasteiger partial charge in [-0.1, -0.05) is 316 Å². The predicted octanol–water partition coefficient (Wildman–Crippen LogP) is 24.2. The number of ether oxygens (including phenoxy) is 3. The number of carbonyl (C=O) groups excluding carboxylic acids is 3. The average molecular weight is 1140 g/mol. The van der Waals surface area contributed by atoms with Gasteiger partial charge in [-0.3, -0.25) is 14.4 Å². The van der Waals surface area contributed by atoms with Gasteiger partial charge < -0.3 is 14.2 Å². The standard InChI is InChI=1S/C76H130O6/c1-4-7-10-13-16-19-22-25-27-29-31-33-34-35-36-37-38-39-40-41-42-44-45-47-49-51-54-57-60-63-66-69-75(78)81-72-73(71-80-74(77)68-65-62-59-56-53-24-21-18-15-12-9-6-3)82-76(79)70-67-64-61-58-55-52-50-48-46-43-32-30-28-26-23-20-17-14-11-8-5-2/h7,10,16,19,23,25-27,30-33,35-36,38-39,46,48,73H,4-6,8-9,11-15,17-18,20-22,24,28-29,34,37,40-45,47,49-72H2,1-3H3/b10-7-,19-16-,26-23-,27-25-,32-30-,33-31-,36-35-,39-38-,48-46-. The summed E-state index contributed by atoms with van der Waals surface area (Å²) in [7, 11) is 0. The van der Waals surface area contributed by atoms with Crippen LogP contribution in [0.5, 0.6) is 0 Å². The Bertz CT molecular complexity index is 1640. The van der Waals surface area contributed by atoms with Crippen LogP contribution in [-0.2, 0) is 28.6 Å². The second kappa shape index (κ2) is 69.6. The summed E-state index contributed by atoms with van der Waals surface area (Å²) >= 11 is 0. The third-order valence-electron chi connectivity index (χ3n) is 15.0. The average Bonchev–Trinajstić information content (AvgIpc) is 3.47. The van der Waals surface area contributed by atoms with Crippen molar-refractivity contribution in [1.82, 2.24) is 0 Å². The quantitative estimate of drug-likeness (QED) is 0.0261. The summed E-state index contributed by atoms with van der Waals surface area (Å²) in [5.41, 5.74) is 0. The molecule has 0 aromatic heterocycles. The fourth-order valence-corrected chi connectivity index (χ4v) is 9.81. The summed E-state index contributed by atoms with van der Waals surface area (Å²) in [6, 6.07) is 0. The van der Waals surface area contributed by atoms with Crippen molar-refractivity contribution in [2.75, 3.05) is 13.2 Å². The first-order valence-corrected chi connectivity index (χ1v) is 34.9. The van der Waals surface area contributed by atoms with Gasteiger partial charge in [0.15, 0.2) is 6.10 Å². The molecule has 0 aliphatic heterocycles. The number of rotatable bonds is 63. The van der Waals surface area contributed by atoms with Gasteiger partial charge in [-0.15, -0.1) is 0 Å². The number of esters is 3. The van der Waals surface area contributed by atoms with Gasteiger partial charge in [0.2, 0.25) is 0 Å². The van der Waals surface area contributed by atoms with E-state index in [1.165, 1.54) is 173 Å². The molecule has 0 N–H and O–H groups in total. The van der Waals surface area contributed by atoms with Crippen LogP contribution in [0.4, 0.5) is 0 Å². The number of hydrogen-bond acceptors (Lipinski definition) is 6. The Morgan fingerprint density at radius 2 is 0.476 bits per heavy atom. The highest BCUT2D eigenvalue weighted by Gasteiger charge is 2.19. The molecule has 0 heterocycles. The van der Waals surface area contributed by atoms with Gasteiger partial charge in [0.05, 0.1) is 0 Å². The topological polar surface area (TPSA) is 78.9 Å². The maximum absolute atomic E-state index is 12.9. The van der Waals surface area contributed by atoms with E-state index < -0.39 is 6.10 Å². The summed E-state index contributed by atoms with van der Waals surface area (Å²) < 4.78 is 17.0. The van der Waals surface area contributed by atoms with Crippen LogP contribution >= 0.6 is 0 Å². The molecule has 470 valence electrons. The lowest BCUT2D eigenvalue weighted by molar-refractivity contribution is -0.167. The monoisotopic (exact) mass is 1140 g/mol. The molecule has 1 atom stereocenters. The van der Waals surface area contributed by atoms with Gasteiger partial charge in [-0.2, -0.15) is 0 Å². The summed E-state index contributed by atoms with van der Waals surface area (Å²) in [5, 5.41) is 0. The minimum absolute atomic E-state index is 0.0808. The van der Waals surface area contributed by atoms with E-state index >= 15 is 0 Å². The first-order valence-electron chi connectivity index (χ1n) is 34.9. The fraction of sp³-hybridized carbons (Fsp3) is 0.724. The molecular formula is C76H130O6. The van der Waals surface area contributed by atoms with Crippen LogP contribution in [0.3, 0.4) is 0 Å². The lowest BCUT2D eigenvalue weighted by Crippen LogP contribution is -2.30. The van der Waals surface area contributed by atoms with Crippen molar-refractivity contribution in [2.24, 2.45) is 0 Å². The third-order valence-corrected chi connectivity index (χ3v) is 15.0. The molecule has 6 heteroatoms. The predicted molar refractivity (Wildman–Crippen MR) is 357 cm³/mol. The zero-order valence-corrected chi connectivity index (χ0v) is 54.0. The van der Waals surface area contributed by atoms with E-state index in [-0.39, 0.29) is 31.1 Å². The molecule has 0 amide bonds. The largest absolute Gasteiger partial charge is 0.462 e. The molecule has 0 aromatic rings. The Morgan fingerprint density at radius 1 is 0.256 bits per heavy atom. The minimum atomic E-state index is -0.786. The molecule has 0 fully saturated rings. The number of unbranched alkanes of at least 4 members (excludes halogenated alkanes) is 34. The Labute approximate surface area is 508 Å². The Hall–Kier alpha value is -3.93. The summed E-state index contributed by atoms with van der Waals surface area (Å²) in [5.74, 6) is -0.883. The molecule has 0 saturated carbocycles. The van der Waals surface area contributed by atoms with Crippen LogP contribution in [0.15, 0.2) is 109 Å². The van der Waals surface area contributed by atoms with E-state index in [9.17, 15) is 14.4 Å². The highest BCUT2D eigenvalue weighted by Crippen LogP contribution is 2.17. The molecule has 0 aliphatic rings. The Kier molecular flexibility index (Phi) is 66.2. The van der Waals surface area contributed by atoms with Crippen molar-refractivity contribution in [3.63, 3.8) is 0 Å². The molecule has 0 spiro atoms. The Morgan fingerprint density at radius 3 is 0.744 bits per heavy atom. The van der Waals surface area contributed by atoms with Crippen LogP contribution < -0.4 is 0 Å². The van der Waals surface area contributed by atoms with Crippen molar-refractivity contribution in [3.05, 3.63) is 109 Å². The van der Waals surface area contributed by atoms with Crippen LogP contribution in [0.25, 0.3) is 0 Å². The lowest BCUT2D eigenvalue weighted by Gasteiger charge is -2.18. The third kappa shape index (κ3) is 66.9. The molecule has 0 aromatic carbocycles. The van der Waals surface area contributed by atoms with Gasteiger partial charge in [0.25, 0.3) is 0 Å². The van der Waals surface area contributed by atoms with Gasteiger partial charge in [0, 0.05) is 19.3 Å². The molecular weight excluding hydrogens is 1010 g/mol. The maximum Gasteiger partial charge on any atom is 0.306 e. The normalized spacial score (nSPS) is 12.8. The first kappa shape index (κ1) is 78.1. The van der Waals surface area contributed by atoms with Gasteiger partial charge in [-0.05, 0) is 109 Å². The Balaban J connectivity index is 4.27. The first-order chi connectivity index (χ1) is 40.5. The van der Waals surface area contributed by atoms with Crippen LogP contribution in [0.1, 0.15) is 335 Å². The number of carbonyl (C=O) groups is 3. The van der Waals surface area contributed by atoms with E-state index in [0.717, 1.165) is 122 Å². The minimum Gasteiger partial charge on any atom is -0.462 e. The van der Waals surface area contributed by atoms with Gasteiger partial charge in [-0.25, -0.2) is 0 Å². The molecule has 0 aliphatic carbocycles. The summed E-state index contributed by atoms with van der Waals surface area (Å²) in [6.45, 7) is 6.53. The molecule has 0 saturated heterocycles. The summed E-state index contributed by atoms with van der Waals surface area (Å²) in [6.07, 6.45) is 95.4. The molecule has 6 nitrogen and oxygen atoms in total. The molecule has 0 radical (unpaired) electrons. The second-order valence-corrected chi connectivity index (χ2v) is 23.1. The van der Waals surface area contributed by atoms with Crippen molar-refractivity contribution in [1.29, 1.82) is 0 Å². The molecule has 0 bridgehead atoms. The van der Waals surface area contributed by atoms with Crippen LogP contribution in [0, 0.1) is 0 Å². The van der Waals surface area contributed by atoms with Crippen molar-refractivity contribution < 1.29 is 28.6 Å². The number of allylic oxidation sites excluding steroid dienone is 18. The van der Waals surface area contributed by atoms with Crippen molar-refractivity contribution >= 4 is 17.9 Å².